The lowest BCUT2D eigenvalue weighted by Crippen LogP contribution is -2.54. The van der Waals surface area contributed by atoms with E-state index >= 15 is 0 Å². The number of hydrogen-bond donors (Lipinski definition) is 9. The van der Waals surface area contributed by atoms with Crippen LogP contribution >= 0.6 is 0 Å². The van der Waals surface area contributed by atoms with Gasteiger partial charge in [-0.3, -0.25) is 24.4 Å². The van der Waals surface area contributed by atoms with E-state index in [0.29, 0.717) is 12.8 Å². The second-order valence-corrected chi connectivity index (χ2v) is 6.97. The molecule has 0 saturated heterocycles. The number of nitrogens with one attached hydrogen (secondary N) is 2. The molecule has 0 fully saturated rings. The van der Waals surface area contributed by atoms with Crippen molar-refractivity contribution in [2.75, 3.05) is 13.1 Å². The summed E-state index contributed by atoms with van der Waals surface area (Å²) in [5.74, 6) is -3.63. The van der Waals surface area contributed by atoms with Gasteiger partial charge >= 0.3 is 5.97 Å². The number of carbonyl (C=O) groups is 4. The highest BCUT2D eigenvalue weighted by Crippen LogP contribution is 2.04. The van der Waals surface area contributed by atoms with Crippen LogP contribution in [0, 0.1) is 0 Å². The fourth-order valence-corrected chi connectivity index (χ4v) is 2.52. The molecule has 3 amide bonds. The lowest BCUT2D eigenvalue weighted by Gasteiger charge is -2.22. The van der Waals surface area contributed by atoms with Crippen LogP contribution in [0.5, 0.6) is 0 Å². The summed E-state index contributed by atoms with van der Waals surface area (Å²) in [6.45, 7) is 0.475. The average molecular weight is 459 g/mol. The first-order valence-electron chi connectivity index (χ1n) is 9.92. The van der Waals surface area contributed by atoms with Crippen LogP contribution in [0.3, 0.4) is 0 Å². The second kappa shape index (κ2) is 15.2. The number of aliphatic carboxylic acids is 1. The topological polar surface area (TPSA) is 293 Å². The number of carboxylic acid groups (broad SMARTS) is 1. The van der Waals surface area contributed by atoms with E-state index in [-0.39, 0.29) is 50.7 Å². The Kier molecular flexibility index (Phi) is 13.5. The van der Waals surface area contributed by atoms with E-state index in [1.54, 1.807) is 0 Å². The molecule has 0 spiro atoms. The van der Waals surface area contributed by atoms with Gasteiger partial charge in [0.25, 0.3) is 0 Å². The van der Waals surface area contributed by atoms with Crippen molar-refractivity contribution in [1.82, 2.24) is 10.6 Å². The molecule has 3 atom stereocenters. The van der Waals surface area contributed by atoms with E-state index in [1.165, 1.54) is 0 Å². The molecule has 0 bridgehead atoms. The van der Waals surface area contributed by atoms with E-state index in [2.05, 4.69) is 20.6 Å². The van der Waals surface area contributed by atoms with E-state index < -0.39 is 41.8 Å². The Morgan fingerprint density at radius 1 is 0.750 bits per heavy atom. The van der Waals surface area contributed by atoms with Crippen LogP contribution in [-0.2, 0) is 19.2 Å². The van der Waals surface area contributed by atoms with E-state index in [4.69, 9.17) is 34.4 Å². The second-order valence-electron chi connectivity index (χ2n) is 6.97. The first kappa shape index (κ1) is 28.4. The number of nitrogens with two attached hydrogens (primary N) is 6. The Balaban J connectivity index is 5.09. The van der Waals surface area contributed by atoms with E-state index in [0.717, 1.165) is 0 Å². The zero-order chi connectivity index (χ0) is 24.7. The Morgan fingerprint density at radius 3 is 1.72 bits per heavy atom. The fourth-order valence-electron chi connectivity index (χ4n) is 2.52. The molecular weight excluding hydrogens is 424 g/mol. The summed E-state index contributed by atoms with van der Waals surface area (Å²) in [6, 6.07) is -3.40. The Hall–Kier alpha value is -3.62. The molecule has 0 aliphatic heterocycles. The van der Waals surface area contributed by atoms with Crippen LogP contribution in [0.2, 0.25) is 0 Å². The molecule has 0 unspecified atom stereocenters. The summed E-state index contributed by atoms with van der Waals surface area (Å²) in [4.78, 5) is 55.0. The van der Waals surface area contributed by atoms with Crippen LogP contribution in [0.15, 0.2) is 9.98 Å². The first-order chi connectivity index (χ1) is 14.9. The highest BCUT2D eigenvalue weighted by molar-refractivity contribution is 5.91. The molecule has 0 radical (unpaired) electrons. The zero-order valence-electron chi connectivity index (χ0n) is 17.8. The largest absolute Gasteiger partial charge is 0.480 e. The summed E-state index contributed by atoms with van der Waals surface area (Å²) in [5.41, 5.74) is 31.8. The summed E-state index contributed by atoms with van der Waals surface area (Å²) >= 11 is 0. The van der Waals surface area contributed by atoms with Gasteiger partial charge < -0.3 is 50.1 Å². The number of carboxylic acids is 1. The average Bonchev–Trinajstić information content (AvgIpc) is 2.69. The summed E-state index contributed by atoms with van der Waals surface area (Å²) < 4.78 is 0. The third kappa shape index (κ3) is 13.6. The predicted molar refractivity (Wildman–Crippen MR) is 118 cm³/mol. The zero-order valence-corrected chi connectivity index (χ0v) is 17.8. The molecule has 182 valence electrons. The molecular formula is C17H34N10O5. The molecule has 0 rings (SSSR count). The lowest BCUT2D eigenvalue weighted by molar-refractivity contribution is -0.142. The molecule has 0 aromatic heterocycles. The highest BCUT2D eigenvalue weighted by Gasteiger charge is 2.27. The first-order valence-corrected chi connectivity index (χ1v) is 9.92. The van der Waals surface area contributed by atoms with Gasteiger partial charge in [-0.1, -0.05) is 0 Å². The number of amides is 3. The maximum Gasteiger partial charge on any atom is 0.326 e. The minimum atomic E-state index is -1.36. The van der Waals surface area contributed by atoms with Crippen molar-refractivity contribution in [3.05, 3.63) is 0 Å². The van der Waals surface area contributed by atoms with Gasteiger partial charge in [0.2, 0.25) is 17.7 Å². The highest BCUT2D eigenvalue weighted by atomic mass is 16.4. The number of aliphatic imine (C=N–C) groups is 2. The number of carbonyl (C=O) groups excluding carboxylic acids is 3. The third-order valence-corrected chi connectivity index (χ3v) is 4.18. The van der Waals surface area contributed by atoms with Crippen LogP contribution in [0.25, 0.3) is 0 Å². The van der Waals surface area contributed by atoms with Crippen molar-refractivity contribution in [2.45, 2.75) is 56.7 Å². The Morgan fingerprint density at radius 2 is 1.25 bits per heavy atom. The van der Waals surface area contributed by atoms with Crippen molar-refractivity contribution in [1.29, 1.82) is 0 Å². The van der Waals surface area contributed by atoms with Gasteiger partial charge in [-0.15, -0.1) is 0 Å². The van der Waals surface area contributed by atoms with Crippen LogP contribution in [0.4, 0.5) is 0 Å². The van der Waals surface area contributed by atoms with Gasteiger partial charge in [-0.2, -0.15) is 0 Å². The Bertz CT molecular complexity index is 704. The van der Waals surface area contributed by atoms with Gasteiger partial charge in [0.1, 0.15) is 12.1 Å². The maximum atomic E-state index is 12.6. The standard InChI is InChI=1S/C17H34N10O5/c18-9(3-1-7-24-16(20)21)13(29)26-10(4-2-8-25-17(22)23)14(30)27-11(15(31)32)5-6-12(19)28/h9-11H,1-8,18H2,(H2,19,28)(H,26,29)(H,27,30)(H,31,32)(H4,20,21,24)(H4,22,23,25)/t9-,10-,11-/m0/s1. The quantitative estimate of drug-likeness (QED) is 0.0609. The minimum absolute atomic E-state index is 0.0788. The summed E-state index contributed by atoms with van der Waals surface area (Å²) in [7, 11) is 0. The van der Waals surface area contributed by atoms with E-state index in [9.17, 15) is 24.3 Å². The van der Waals surface area contributed by atoms with Crippen LogP contribution in [-0.4, -0.2) is 71.9 Å². The molecule has 0 aromatic carbocycles. The molecule has 15 N–H and O–H groups in total. The van der Waals surface area contributed by atoms with Crippen LogP contribution < -0.4 is 45.0 Å². The summed E-state index contributed by atoms with van der Waals surface area (Å²) in [5, 5.41) is 14.1. The molecule has 15 heteroatoms. The predicted octanol–water partition coefficient (Wildman–Crippen LogP) is -4.26. The molecule has 0 heterocycles. The lowest BCUT2D eigenvalue weighted by atomic mass is 10.1. The third-order valence-electron chi connectivity index (χ3n) is 4.18. The van der Waals surface area contributed by atoms with Gasteiger partial charge in [-0.25, -0.2) is 4.79 Å². The van der Waals surface area contributed by atoms with Crippen LogP contribution in [0.1, 0.15) is 38.5 Å². The van der Waals surface area contributed by atoms with Crippen molar-refractivity contribution < 1.29 is 24.3 Å². The monoisotopic (exact) mass is 458 g/mol. The van der Waals surface area contributed by atoms with Gasteiger partial charge in [0.15, 0.2) is 11.9 Å². The molecule has 15 nitrogen and oxygen atoms in total. The van der Waals surface area contributed by atoms with Gasteiger partial charge in [-0.05, 0) is 32.1 Å². The molecule has 32 heavy (non-hydrogen) atoms. The van der Waals surface area contributed by atoms with Gasteiger partial charge in [0.05, 0.1) is 6.04 Å². The smallest absolute Gasteiger partial charge is 0.326 e. The maximum absolute atomic E-state index is 12.6. The van der Waals surface area contributed by atoms with Crippen molar-refractivity contribution in [3.63, 3.8) is 0 Å². The number of rotatable bonds is 16. The fraction of sp³-hybridized carbons (Fsp3) is 0.647. The number of hydrogen-bond acceptors (Lipinski definition) is 7. The van der Waals surface area contributed by atoms with E-state index in [1.807, 2.05) is 0 Å². The van der Waals surface area contributed by atoms with Crippen molar-refractivity contribution >= 4 is 35.6 Å². The molecule has 0 aliphatic carbocycles. The number of guanidine groups is 2. The molecule has 0 aromatic rings. The normalized spacial score (nSPS) is 13.2. The summed E-state index contributed by atoms with van der Waals surface area (Å²) in [6.07, 6.45) is 0.671. The van der Waals surface area contributed by atoms with Gasteiger partial charge in [0, 0.05) is 19.5 Å². The number of nitrogens with zero attached hydrogens (tertiary/aromatic N) is 2. The molecule has 0 aliphatic rings. The van der Waals surface area contributed by atoms with Crippen molar-refractivity contribution in [3.8, 4) is 0 Å². The minimum Gasteiger partial charge on any atom is -0.480 e. The Labute approximate surface area is 185 Å². The number of primary amides is 1. The van der Waals surface area contributed by atoms with Crippen molar-refractivity contribution in [2.24, 2.45) is 44.4 Å². The molecule has 0 saturated carbocycles. The SMILES string of the molecule is NC(=O)CC[C@H](NC(=O)[C@H](CCCN=C(N)N)NC(=O)[C@@H](N)CCCN=C(N)N)C(=O)O.